The third-order valence-corrected chi connectivity index (χ3v) is 2.52. The van der Waals surface area contributed by atoms with Crippen LogP contribution in [0.15, 0.2) is 71.7 Å². The van der Waals surface area contributed by atoms with Crippen LogP contribution >= 0.6 is 0 Å². The Bertz CT molecular complexity index is 352. The molecule has 0 atom stereocenters. The smallest absolute Gasteiger partial charge is 0.0996 e. The van der Waals surface area contributed by atoms with Crippen LogP contribution in [0.3, 0.4) is 0 Å². The Balaban J connectivity index is 3.26. The fourth-order valence-corrected chi connectivity index (χ4v) is 1.83. The van der Waals surface area contributed by atoms with Gasteiger partial charge in [-0.25, -0.2) is 0 Å². The SMILES string of the molecule is C=CC1=C(/C=C\C)C(/C=C\C)=C(C=C)B1. The van der Waals surface area contributed by atoms with Gasteiger partial charge in [0.1, 0.15) is 0 Å². The van der Waals surface area contributed by atoms with Crippen molar-refractivity contribution in [2.45, 2.75) is 13.8 Å². The van der Waals surface area contributed by atoms with Crippen molar-refractivity contribution in [1.82, 2.24) is 0 Å². The predicted octanol–water partition coefficient (Wildman–Crippen LogP) is 3.47. The van der Waals surface area contributed by atoms with Crippen molar-refractivity contribution in [2.75, 3.05) is 0 Å². The summed E-state index contributed by atoms with van der Waals surface area (Å²) >= 11 is 0. The average Bonchev–Trinajstić information content (AvgIpc) is 2.58. The summed E-state index contributed by atoms with van der Waals surface area (Å²) in [6.07, 6.45) is 12.3. The second-order valence-corrected chi connectivity index (χ2v) is 3.46. The predicted molar refractivity (Wildman–Crippen MR) is 71.2 cm³/mol. The second kappa shape index (κ2) is 5.40. The molecule has 0 unspecified atom stereocenters. The molecule has 1 aliphatic heterocycles. The molecule has 76 valence electrons. The Hall–Kier alpha value is -1.50. The molecular formula is C14H17B. The fourth-order valence-electron chi connectivity index (χ4n) is 1.83. The van der Waals surface area contributed by atoms with Crippen molar-refractivity contribution in [3.05, 3.63) is 71.7 Å². The van der Waals surface area contributed by atoms with Crippen LogP contribution in [0, 0.1) is 0 Å². The highest BCUT2D eigenvalue weighted by atomic mass is 14.1. The summed E-state index contributed by atoms with van der Waals surface area (Å²) in [7, 11) is 0.951. The van der Waals surface area contributed by atoms with Gasteiger partial charge >= 0.3 is 0 Å². The molecule has 1 heterocycles. The summed E-state index contributed by atoms with van der Waals surface area (Å²) in [5.41, 5.74) is 5.13. The van der Waals surface area contributed by atoms with Crippen molar-refractivity contribution < 1.29 is 0 Å². The van der Waals surface area contributed by atoms with Crippen LogP contribution in [0.4, 0.5) is 0 Å². The van der Waals surface area contributed by atoms with E-state index in [0.29, 0.717) is 0 Å². The minimum absolute atomic E-state index is 0.951. The van der Waals surface area contributed by atoms with Crippen LogP contribution in [-0.2, 0) is 0 Å². The Morgan fingerprint density at radius 2 is 1.27 bits per heavy atom. The minimum atomic E-state index is 0.951. The molecule has 0 saturated carbocycles. The third-order valence-electron chi connectivity index (χ3n) is 2.52. The molecule has 0 radical (unpaired) electrons. The first-order valence-corrected chi connectivity index (χ1v) is 5.25. The van der Waals surface area contributed by atoms with Crippen LogP contribution in [-0.4, -0.2) is 7.28 Å². The molecule has 0 fully saturated rings. The molecule has 0 N–H and O–H groups in total. The Labute approximate surface area is 93.3 Å². The highest BCUT2D eigenvalue weighted by Crippen LogP contribution is 2.29. The highest BCUT2D eigenvalue weighted by Gasteiger charge is 2.18. The molecule has 0 saturated heterocycles. The molecule has 1 rings (SSSR count). The molecular weight excluding hydrogens is 179 g/mol. The van der Waals surface area contributed by atoms with Crippen molar-refractivity contribution in [3.8, 4) is 0 Å². The lowest BCUT2D eigenvalue weighted by Crippen LogP contribution is -1.91. The van der Waals surface area contributed by atoms with E-state index < -0.39 is 0 Å². The second-order valence-electron chi connectivity index (χ2n) is 3.46. The Morgan fingerprint density at radius 3 is 1.53 bits per heavy atom. The summed E-state index contributed by atoms with van der Waals surface area (Å²) < 4.78 is 0. The monoisotopic (exact) mass is 196 g/mol. The summed E-state index contributed by atoms with van der Waals surface area (Å²) in [4.78, 5) is 0. The van der Waals surface area contributed by atoms with Crippen LogP contribution in [0.5, 0.6) is 0 Å². The van der Waals surface area contributed by atoms with E-state index in [0.717, 1.165) is 7.28 Å². The molecule has 0 aliphatic carbocycles. The van der Waals surface area contributed by atoms with Crippen molar-refractivity contribution >= 4 is 7.28 Å². The maximum Gasteiger partial charge on any atom is 0.193 e. The van der Waals surface area contributed by atoms with Gasteiger partial charge in [0.25, 0.3) is 0 Å². The van der Waals surface area contributed by atoms with Gasteiger partial charge in [-0.15, -0.1) is 0 Å². The van der Waals surface area contributed by atoms with Crippen LogP contribution in [0.2, 0.25) is 0 Å². The standard InChI is InChI=1S/C14H17B/c1-5-9-11-12(10-6-2)14(8-4)15-13(11)7-3/h5-10,15H,3-4H2,1-2H3/b9-5-,10-6-. The molecule has 0 spiro atoms. The number of hydrogen-bond donors (Lipinski definition) is 0. The maximum absolute atomic E-state index is 3.86. The number of hydrogen-bond acceptors (Lipinski definition) is 0. The van der Waals surface area contributed by atoms with Gasteiger partial charge in [-0.2, -0.15) is 0 Å². The average molecular weight is 196 g/mol. The summed E-state index contributed by atoms with van der Waals surface area (Å²) in [6, 6.07) is 0. The maximum atomic E-state index is 3.86. The van der Waals surface area contributed by atoms with E-state index in [1.807, 2.05) is 26.0 Å². The summed E-state index contributed by atoms with van der Waals surface area (Å²) in [6.45, 7) is 11.8. The van der Waals surface area contributed by atoms with Crippen LogP contribution < -0.4 is 0 Å². The quantitative estimate of drug-likeness (QED) is 0.604. The molecule has 0 nitrogen and oxygen atoms in total. The van der Waals surface area contributed by atoms with Gasteiger partial charge in [0.05, 0.1) is 0 Å². The molecule has 1 aliphatic rings. The lowest BCUT2D eigenvalue weighted by Gasteiger charge is -2.02. The first kappa shape index (κ1) is 11.6. The van der Waals surface area contributed by atoms with Gasteiger partial charge in [0, 0.05) is 0 Å². The zero-order valence-electron chi connectivity index (χ0n) is 9.59. The van der Waals surface area contributed by atoms with E-state index in [-0.39, 0.29) is 0 Å². The highest BCUT2D eigenvalue weighted by molar-refractivity contribution is 6.58. The third kappa shape index (κ3) is 2.30. The normalized spacial score (nSPS) is 16.7. The number of rotatable bonds is 4. The van der Waals surface area contributed by atoms with Gasteiger partial charge in [-0.05, 0) is 25.0 Å². The molecule has 0 amide bonds. The summed E-state index contributed by atoms with van der Waals surface area (Å²) in [5, 5.41) is 0. The van der Waals surface area contributed by atoms with Crippen molar-refractivity contribution in [3.63, 3.8) is 0 Å². The Kier molecular flexibility index (Phi) is 4.17. The van der Waals surface area contributed by atoms with E-state index in [9.17, 15) is 0 Å². The fraction of sp³-hybridized carbons (Fsp3) is 0.143. The Morgan fingerprint density at radius 1 is 0.867 bits per heavy atom. The van der Waals surface area contributed by atoms with Gasteiger partial charge in [0.15, 0.2) is 7.28 Å². The van der Waals surface area contributed by atoms with E-state index in [4.69, 9.17) is 0 Å². The van der Waals surface area contributed by atoms with Gasteiger partial charge in [-0.3, -0.25) is 0 Å². The zero-order valence-corrected chi connectivity index (χ0v) is 9.59. The molecule has 0 aromatic carbocycles. The van der Waals surface area contributed by atoms with E-state index in [2.05, 4.69) is 37.5 Å². The van der Waals surface area contributed by atoms with Crippen molar-refractivity contribution in [1.29, 1.82) is 0 Å². The molecule has 0 aromatic heterocycles. The largest absolute Gasteiger partial charge is 0.193 e. The summed E-state index contributed by atoms with van der Waals surface area (Å²) in [5.74, 6) is 0. The van der Waals surface area contributed by atoms with E-state index in [1.165, 1.54) is 22.1 Å². The molecule has 15 heavy (non-hydrogen) atoms. The molecule has 1 heteroatoms. The van der Waals surface area contributed by atoms with Gasteiger partial charge < -0.3 is 0 Å². The zero-order chi connectivity index (χ0) is 11.3. The van der Waals surface area contributed by atoms with Gasteiger partial charge in [-0.1, -0.05) is 60.6 Å². The lowest BCUT2D eigenvalue weighted by atomic mass is 9.65. The first-order chi connectivity index (χ1) is 7.28. The molecule has 0 aromatic rings. The van der Waals surface area contributed by atoms with E-state index in [1.54, 1.807) is 0 Å². The van der Waals surface area contributed by atoms with Crippen LogP contribution in [0.1, 0.15) is 13.8 Å². The lowest BCUT2D eigenvalue weighted by molar-refractivity contribution is 1.51. The van der Waals surface area contributed by atoms with Crippen LogP contribution in [0.25, 0.3) is 0 Å². The number of allylic oxidation sites excluding steroid dienone is 10. The van der Waals surface area contributed by atoms with Gasteiger partial charge in [0.2, 0.25) is 0 Å². The van der Waals surface area contributed by atoms with E-state index >= 15 is 0 Å². The topological polar surface area (TPSA) is 0 Å². The molecule has 0 bridgehead atoms. The minimum Gasteiger partial charge on any atom is -0.0996 e. The first-order valence-electron chi connectivity index (χ1n) is 5.25. The van der Waals surface area contributed by atoms with Crippen molar-refractivity contribution in [2.24, 2.45) is 0 Å².